The number of ether oxygens (including phenoxy) is 5. The molecule has 0 radical (unpaired) electrons. The van der Waals surface area contributed by atoms with Gasteiger partial charge in [-0.05, 0) is 45.6 Å². The summed E-state index contributed by atoms with van der Waals surface area (Å²) in [7, 11) is 2.76. The molecule has 0 saturated carbocycles. The lowest BCUT2D eigenvalue weighted by Crippen LogP contribution is -2.58. The topological polar surface area (TPSA) is 199 Å². The summed E-state index contributed by atoms with van der Waals surface area (Å²) < 4.78 is 28.9. The molecule has 5 N–H and O–H groups in total. The van der Waals surface area contributed by atoms with E-state index in [1.54, 1.807) is 52.8 Å². The van der Waals surface area contributed by atoms with Crippen LogP contribution in [-0.2, 0) is 38.1 Å². The average molecular weight is 765 g/mol. The highest BCUT2D eigenvalue weighted by atomic mass is 16.6. The van der Waals surface area contributed by atoms with Crippen molar-refractivity contribution < 1.29 is 63.6 Å². The number of carbonyl (C=O) groups excluding carboxylic acids is 2. The Balaban J connectivity index is 2.56. The molecule has 14 unspecified atom stereocenters. The van der Waals surface area contributed by atoms with E-state index in [1.807, 2.05) is 33.8 Å². The van der Waals surface area contributed by atoms with Crippen molar-refractivity contribution in [2.45, 2.75) is 130 Å². The molecule has 0 spiro atoms. The van der Waals surface area contributed by atoms with Crippen molar-refractivity contribution >= 4 is 17.9 Å². The molecule has 0 aromatic rings. The third kappa shape index (κ3) is 12.6. The molecule has 13 heteroatoms. The molecular formula is C41H64O13. The minimum Gasteiger partial charge on any atom is -0.490 e. The summed E-state index contributed by atoms with van der Waals surface area (Å²) in [6.45, 7) is 16.1. The molecular weight excluding hydrogens is 700 g/mol. The van der Waals surface area contributed by atoms with Crippen LogP contribution < -0.4 is 0 Å². The highest BCUT2D eigenvalue weighted by Crippen LogP contribution is 2.41. The van der Waals surface area contributed by atoms with Gasteiger partial charge in [0, 0.05) is 55.3 Å². The Morgan fingerprint density at radius 2 is 1.72 bits per heavy atom. The Kier molecular flexibility index (Phi) is 18.3. The molecule has 1 fully saturated rings. The predicted octanol–water partition coefficient (Wildman–Crippen LogP) is 4.64. The average Bonchev–Trinajstić information content (AvgIpc) is 3.11. The Bertz CT molecular complexity index is 1410. The molecule has 0 bridgehead atoms. The molecule has 0 aromatic carbocycles. The van der Waals surface area contributed by atoms with E-state index in [9.17, 15) is 34.8 Å². The quantitative estimate of drug-likeness (QED) is 0.153. The minimum absolute atomic E-state index is 0.139. The van der Waals surface area contributed by atoms with Crippen LogP contribution in [0, 0.1) is 35.5 Å². The number of esters is 2. The van der Waals surface area contributed by atoms with Gasteiger partial charge in [0.1, 0.15) is 18.3 Å². The summed E-state index contributed by atoms with van der Waals surface area (Å²) in [5.74, 6) is -8.39. The van der Waals surface area contributed by atoms with E-state index in [-0.39, 0.29) is 35.9 Å². The van der Waals surface area contributed by atoms with E-state index in [4.69, 9.17) is 28.8 Å². The fourth-order valence-electron chi connectivity index (χ4n) is 7.41. The van der Waals surface area contributed by atoms with Gasteiger partial charge >= 0.3 is 17.9 Å². The molecule has 54 heavy (non-hydrogen) atoms. The predicted molar refractivity (Wildman–Crippen MR) is 201 cm³/mol. The molecule has 0 amide bonds. The van der Waals surface area contributed by atoms with Gasteiger partial charge in [0.05, 0.1) is 31.5 Å². The standard InChI is InChI=1S/C41H64O13/c1-12-30-36(45)24(4)18-22(2)14-13-15-31(50-10)39(53-40(48)32(51-11)20-23(3)19-25(5)37(30)46)27(7)38(47)28(8)41(49)21-33(26(6)29(9)54-41)52-35(44)17-16-34(42)43/h13-17,19-20,24-31,33,36-39,45-47,49H,12,18,21H2,1-11H3,(H,42,43)/b15-13+,17-16+,22-14+,23-19+,32-20-. The maximum atomic E-state index is 13.7. The van der Waals surface area contributed by atoms with Crippen molar-refractivity contribution in [3.8, 4) is 0 Å². The van der Waals surface area contributed by atoms with Gasteiger partial charge < -0.3 is 49.2 Å². The summed E-state index contributed by atoms with van der Waals surface area (Å²) >= 11 is 0. The van der Waals surface area contributed by atoms with Crippen LogP contribution in [0.2, 0.25) is 0 Å². The van der Waals surface area contributed by atoms with Crippen molar-refractivity contribution in [2.75, 3.05) is 14.2 Å². The van der Waals surface area contributed by atoms with Crippen LogP contribution >= 0.6 is 0 Å². The van der Waals surface area contributed by atoms with Crippen molar-refractivity contribution in [1.82, 2.24) is 0 Å². The summed E-state index contributed by atoms with van der Waals surface area (Å²) in [5.41, 5.74) is 1.57. The normalized spacial score (nSPS) is 38.8. The number of aliphatic carboxylic acids is 1. The van der Waals surface area contributed by atoms with Gasteiger partial charge in [-0.1, -0.05) is 77.0 Å². The first-order valence-electron chi connectivity index (χ1n) is 18.8. The van der Waals surface area contributed by atoms with E-state index in [0.717, 1.165) is 11.6 Å². The van der Waals surface area contributed by atoms with Crippen LogP contribution in [0.3, 0.4) is 0 Å². The zero-order chi connectivity index (χ0) is 41.1. The highest BCUT2D eigenvalue weighted by Gasteiger charge is 2.51. The largest absolute Gasteiger partial charge is 0.490 e. The molecule has 2 rings (SSSR count). The van der Waals surface area contributed by atoms with Crippen molar-refractivity contribution in [2.24, 2.45) is 35.5 Å². The summed E-state index contributed by atoms with van der Waals surface area (Å²) in [4.78, 5) is 37.0. The molecule has 2 aliphatic heterocycles. The first-order chi connectivity index (χ1) is 25.2. The lowest BCUT2D eigenvalue weighted by molar-refractivity contribution is -0.319. The first-order valence-corrected chi connectivity index (χ1v) is 18.8. The van der Waals surface area contributed by atoms with Gasteiger partial charge in [0.2, 0.25) is 5.76 Å². The second-order valence-electron chi connectivity index (χ2n) is 15.2. The minimum atomic E-state index is -2.00. The Morgan fingerprint density at radius 1 is 1.07 bits per heavy atom. The molecule has 0 aromatic heterocycles. The molecule has 1 saturated heterocycles. The third-order valence-electron chi connectivity index (χ3n) is 11.1. The van der Waals surface area contributed by atoms with E-state index >= 15 is 0 Å². The van der Waals surface area contributed by atoms with E-state index < -0.39 is 78.3 Å². The number of cyclic esters (lactones) is 1. The van der Waals surface area contributed by atoms with Crippen LogP contribution in [0.5, 0.6) is 0 Å². The smallest absolute Gasteiger partial charge is 0.373 e. The van der Waals surface area contributed by atoms with Crippen LogP contribution in [0.4, 0.5) is 0 Å². The van der Waals surface area contributed by atoms with Gasteiger partial charge in [-0.15, -0.1) is 0 Å². The molecule has 13 nitrogen and oxygen atoms in total. The lowest BCUT2D eigenvalue weighted by atomic mass is 9.77. The number of carbonyl (C=O) groups is 3. The number of aliphatic hydroxyl groups excluding tert-OH is 3. The fraction of sp³-hybridized carbons (Fsp3) is 0.683. The zero-order valence-corrected chi connectivity index (χ0v) is 33.7. The number of hydrogen-bond acceptors (Lipinski definition) is 12. The van der Waals surface area contributed by atoms with Gasteiger partial charge in [-0.2, -0.15) is 0 Å². The van der Waals surface area contributed by atoms with Gasteiger partial charge in [0.15, 0.2) is 5.79 Å². The van der Waals surface area contributed by atoms with Crippen LogP contribution in [0.25, 0.3) is 0 Å². The Hall–Kier alpha value is -3.33. The Morgan fingerprint density at radius 3 is 2.30 bits per heavy atom. The maximum absolute atomic E-state index is 13.7. The monoisotopic (exact) mass is 764 g/mol. The molecule has 2 aliphatic rings. The molecule has 2 heterocycles. The van der Waals surface area contributed by atoms with Crippen LogP contribution in [0.15, 0.2) is 59.4 Å². The Labute approximate surface area is 320 Å². The van der Waals surface area contributed by atoms with E-state index in [1.165, 1.54) is 20.3 Å². The fourth-order valence-corrected chi connectivity index (χ4v) is 7.41. The lowest BCUT2D eigenvalue weighted by Gasteiger charge is -2.48. The summed E-state index contributed by atoms with van der Waals surface area (Å²) in [6, 6.07) is 0. The van der Waals surface area contributed by atoms with Gasteiger partial charge in [-0.3, -0.25) is 0 Å². The van der Waals surface area contributed by atoms with Gasteiger partial charge in [0.25, 0.3) is 0 Å². The van der Waals surface area contributed by atoms with Gasteiger partial charge in [-0.25, -0.2) is 14.4 Å². The maximum Gasteiger partial charge on any atom is 0.373 e. The number of allylic oxidation sites excluding steroid dienone is 5. The third-order valence-corrected chi connectivity index (χ3v) is 11.1. The number of aliphatic hydroxyl groups is 4. The number of hydrogen-bond donors (Lipinski definition) is 5. The summed E-state index contributed by atoms with van der Waals surface area (Å²) in [6.07, 6.45) is 4.45. The number of methoxy groups -OCH3 is 2. The molecule has 0 aliphatic carbocycles. The summed E-state index contributed by atoms with van der Waals surface area (Å²) in [5, 5.41) is 55.2. The number of carboxylic acids is 1. The van der Waals surface area contributed by atoms with Crippen LogP contribution in [-0.4, -0.2) is 106 Å². The highest BCUT2D eigenvalue weighted by molar-refractivity contribution is 5.90. The second kappa shape index (κ2) is 21.1. The molecule has 306 valence electrons. The number of carboxylic acid groups (broad SMARTS) is 1. The molecule has 14 atom stereocenters. The van der Waals surface area contributed by atoms with E-state index in [2.05, 4.69) is 0 Å². The number of rotatable bonds is 10. The van der Waals surface area contributed by atoms with Crippen molar-refractivity contribution in [1.29, 1.82) is 0 Å². The van der Waals surface area contributed by atoms with E-state index in [0.29, 0.717) is 24.5 Å². The first kappa shape index (κ1) is 46.8. The van der Waals surface area contributed by atoms with Crippen molar-refractivity contribution in [3.05, 3.63) is 59.4 Å². The van der Waals surface area contributed by atoms with Crippen molar-refractivity contribution in [3.63, 3.8) is 0 Å². The zero-order valence-electron chi connectivity index (χ0n) is 33.7. The SMILES string of the molecule is CCC1C(O)C(C)/C=C(C)/C=C(\OC)C(=O)OC(C(C)C(O)C(C)C2(O)CC(OC(=O)/C=C/C(=O)O)C(C)C(C)O2)C(OC)/C=C/C=C(\C)CC(C)C1O. The van der Waals surface area contributed by atoms with Crippen LogP contribution in [0.1, 0.15) is 81.6 Å². The second-order valence-corrected chi connectivity index (χ2v) is 15.2.